The quantitative estimate of drug-likeness (QED) is 0.608. The molecule has 1 unspecified atom stereocenters. The molecule has 4 atom stereocenters. The summed E-state index contributed by atoms with van der Waals surface area (Å²) in [5, 5.41) is 29.7. The fraction of sp³-hybridized carbons (Fsp3) is 0.462. The fourth-order valence-corrected chi connectivity index (χ4v) is 2.72. The summed E-state index contributed by atoms with van der Waals surface area (Å²) >= 11 is 0. The van der Waals surface area contributed by atoms with Crippen molar-refractivity contribution in [2.75, 3.05) is 12.3 Å². The van der Waals surface area contributed by atoms with Crippen LogP contribution in [0, 0.1) is 5.82 Å². The molecule has 1 aliphatic rings. The first-order chi connectivity index (χ1) is 9.87. The number of aliphatic hydroxyl groups is 3. The first kappa shape index (κ1) is 14.2. The first-order valence-electron chi connectivity index (χ1n) is 6.45. The maximum atomic E-state index is 14.1. The molecular weight excluding hydrogens is 281 g/mol. The second-order valence-electron chi connectivity index (χ2n) is 5.36. The zero-order chi connectivity index (χ0) is 15.4. The van der Waals surface area contributed by atoms with Crippen LogP contribution in [0.25, 0.3) is 11.0 Å². The van der Waals surface area contributed by atoms with Gasteiger partial charge in [0.25, 0.3) is 0 Å². The van der Waals surface area contributed by atoms with Gasteiger partial charge in [0.15, 0.2) is 12.0 Å². The minimum Gasteiger partial charge on any atom is -0.398 e. The summed E-state index contributed by atoms with van der Waals surface area (Å²) < 4.78 is 20.8. The smallest absolute Gasteiger partial charge is 0.167 e. The monoisotopic (exact) mass is 297 g/mol. The number of nitrogens with zero attached hydrogens (tertiary/aromatic N) is 2. The van der Waals surface area contributed by atoms with Gasteiger partial charge >= 0.3 is 0 Å². The van der Waals surface area contributed by atoms with E-state index in [9.17, 15) is 19.7 Å². The normalized spacial score (nSPS) is 32.9. The van der Waals surface area contributed by atoms with Gasteiger partial charge in [-0.15, -0.1) is 0 Å². The molecule has 0 spiro atoms. The second-order valence-corrected chi connectivity index (χ2v) is 5.36. The Morgan fingerprint density at radius 2 is 2.29 bits per heavy atom. The maximum absolute atomic E-state index is 14.1. The Labute approximate surface area is 119 Å². The van der Waals surface area contributed by atoms with E-state index in [4.69, 9.17) is 10.5 Å². The Balaban J connectivity index is 2.15. The number of aliphatic hydroxyl groups excluding tert-OH is 2. The van der Waals surface area contributed by atoms with Gasteiger partial charge in [0.2, 0.25) is 0 Å². The van der Waals surface area contributed by atoms with E-state index in [2.05, 4.69) is 4.98 Å². The van der Waals surface area contributed by atoms with Crippen LogP contribution in [0.4, 0.5) is 10.1 Å². The van der Waals surface area contributed by atoms with E-state index in [-0.39, 0.29) is 16.7 Å². The van der Waals surface area contributed by atoms with Crippen molar-refractivity contribution in [2.24, 2.45) is 0 Å². The molecule has 1 aliphatic heterocycles. The van der Waals surface area contributed by atoms with E-state index >= 15 is 0 Å². The molecule has 0 aromatic carbocycles. The lowest BCUT2D eigenvalue weighted by Crippen LogP contribution is -2.44. The number of anilines is 1. The standard InChI is InChI=1S/C13H16FN3O4/c1-13(20)10(19)8(5-18)21-12(13)17-4-6(14)9-7(15)2-3-16-11(9)17/h2-4,8,10,12,18-20H,5H2,1H3,(H2,15,16)/t8-,10?,12-,13-/m1/s1. The number of pyridine rings is 1. The highest BCUT2D eigenvalue weighted by molar-refractivity contribution is 5.89. The van der Waals surface area contributed by atoms with Gasteiger partial charge in [-0.05, 0) is 13.0 Å². The Hall–Kier alpha value is -1.74. The lowest BCUT2D eigenvalue weighted by molar-refractivity contribution is -0.0949. The van der Waals surface area contributed by atoms with Crippen molar-refractivity contribution < 1.29 is 24.4 Å². The van der Waals surface area contributed by atoms with Gasteiger partial charge in [-0.25, -0.2) is 9.37 Å². The topological polar surface area (TPSA) is 114 Å². The van der Waals surface area contributed by atoms with Crippen LogP contribution in [-0.4, -0.2) is 49.3 Å². The molecule has 7 nitrogen and oxygen atoms in total. The zero-order valence-electron chi connectivity index (χ0n) is 11.3. The second kappa shape index (κ2) is 4.63. The van der Waals surface area contributed by atoms with E-state index in [0.717, 1.165) is 6.20 Å². The number of halogens is 1. The molecule has 114 valence electrons. The molecule has 3 heterocycles. The third-order valence-corrected chi connectivity index (χ3v) is 3.89. The minimum absolute atomic E-state index is 0.124. The van der Waals surface area contributed by atoms with Crippen molar-refractivity contribution in [1.29, 1.82) is 0 Å². The lowest BCUT2D eigenvalue weighted by atomic mass is 9.96. The molecule has 2 aromatic rings. The van der Waals surface area contributed by atoms with Crippen LogP contribution in [0.1, 0.15) is 13.2 Å². The predicted octanol–water partition coefficient (Wildman–Crippen LogP) is -0.241. The summed E-state index contributed by atoms with van der Waals surface area (Å²) in [6, 6.07) is 1.47. The zero-order valence-corrected chi connectivity index (χ0v) is 11.3. The van der Waals surface area contributed by atoms with Crippen LogP contribution in [0.15, 0.2) is 18.5 Å². The fourth-order valence-electron chi connectivity index (χ4n) is 2.72. The van der Waals surface area contributed by atoms with Gasteiger partial charge in [-0.2, -0.15) is 0 Å². The molecule has 0 saturated carbocycles. The van der Waals surface area contributed by atoms with E-state index in [0.29, 0.717) is 0 Å². The number of aromatic nitrogens is 2. The summed E-state index contributed by atoms with van der Waals surface area (Å²) in [5.41, 5.74) is 4.43. The highest BCUT2D eigenvalue weighted by Crippen LogP contribution is 2.40. The largest absolute Gasteiger partial charge is 0.398 e. The number of nitrogens with two attached hydrogens (primary N) is 1. The Kier molecular flexibility index (Phi) is 3.14. The average molecular weight is 297 g/mol. The van der Waals surface area contributed by atoms with Crippen molar-refractivity contribution >= 4 is 16.7 Å². The van der Waals surface area contributed by atoms with E-state index in [1.807, 2.05) is 0 Å². The van der Waals surface area contributed by atoms with Crippen LogP contribution in [0.3, 0.4) is 0 Å². The molecule has 3 rings (SSSR count). The van der Waals surface area contributed by atoms with Crippen LogP contribution in [0.5, 0.6) is 0 Å². The molecule has 2 aromatic heterocycles. The molecule has 5 N–H and O–H groups in total. The van der Waals surface area contributed by atoms with E-state index < -0.39 is 36.5 Å². The molecule has 0 radical (unpaired) electrons. The summed E-state index contributed by atoms with van der Waals surface area (Å²) in [5.74, 6) is -0.600. The molecule has 0 amide bonds. The number of rotatable bonds is 2. The van der Waals surface area contributed by atoms with Crippen LogP contribution < -0.4 is 5.73 Å². The van der Waals surface area contributed by atoms with Gasteiger partial charge in [-0.1, -0.05) is 0 Å². The number of hydrogen-bond donors (Lipinski definition) is 4. The molecule has 8 heteroatoms. The highest BCUT2D eigenvalue weighted by atomic mass is 19.1. The molecule has 21 heavy (non-hydrogen) atoms. The van der Waals surface area contributed by atoms with Gasteiger partial charge in [0.1, 0.15) is 23.5 Å². The lowest BCUT2D eigenvalue weighted by Gasteiger charge is -2.27. The molecular formula is C13H16FN3O4. The number of fused-ring (bicyclic) bond motifs is 1. The van der Waals surface area contributed by atoms with Crippen LogP contribution in [0.2, 0.25) is 0 Å². The number of hydrogen-bond acceptors (Lipinski definition) is 6. The van der Waals surface area contributed by atoms with Crippen molar-refractivity contribution in [1.82, 2.24) is 9.55 Å². The molecule has 1 fully saturated rings. The molecule has 1 saturated heterocycles. The van der Waals surface area contributed by atoms with Gasteiger partial charge < -0.3 is 30.4 Å². The number of ether oxygens (including phenoxy) is 1. The van der Waals surface area contributed by atoms with Crippen LogP contribution >= 0.6 is 0 Å². The van der Waals surface area contributed by atoms with Crippen LogP contribution in [-0.2, 0) is 4.74 Å². The third kappa shape index (κ3) is 1.91. The van der Waals surface area contributed by atoms with Crippen molar-refractivity contribution in [2.45, 2.75) is 31.0 Å². The predicted molar refractivity (Wildman–Crippen MR) is 71.7 cm³/mol. The van der Waals surface area contributed by atoms with Gasteiger partial charge in [0, 0.05) is 18.1 Å². The maximum Gasteiger partial charge on any atom is 0.167 e. The molecule has 0 bridgehead atoms. The van der Waals surface area contributed by atoms with Crippen molar-refractivity contribution in [3.63, 3.8) is 0 Å². The molecule has 0 aliphatic carbocycles. The summed E-state index contributed by atoms with van der Waals surface area (Å²) in [4.78, 5) is 4.06. The third-order valence-electron chi connectivity index (χ3n) is 3.89. The van der Waals surface area contributed by atoms with E-state index in [1.54, 1.807) is 0 Å². The van der Waals surface area contributed by atoms with Crippen molar-refractivity contribution in [3.05, 3.63) is 24.3 Å². The summed E-state index contributed by atoms with van der Waals surface area (Å²) in [6.07, 6.45) is -0.844. The highest BCUT2D eigenvalue weighted by Gasteiger charge is 2.53. The Bertz CT molecular complexity index is 687. The number of nitrogen functional groups attached to an aromatic ring is 1. The first-order valence-corrected chi connectivity index (χ1v) is 6.45. The van der Waals surface area contributed by atoms with Gasteiger partial charge in [0.05, 0.1) is 12.0 Å². The van der Waals surface area contributed by atoms with Gasteiger partial charge in [-0.3, -0.25) is 0 Å². The average Bonchev–Trinajstić information content (AvgIpc) is 2.87. The van der Waals surface area contributed by atoms with E-state index in [1.165, 1.54) is 23.8 Å². The SMILES string of the molecule is C[C@@]1(O)C(O)[C@@H](CO)O[C@H]1n1cc(F)c2c(N)ccnc21. The minimum atomic E-state index is -1.71. The summed E-state index contributed by atoms with van der Waals surface area (Å²) in [7, 11) is 0. The Morgan fingerprint density at radius 3 is 2.90 bits per heavy atom. The Morgan fingerprint density at radius 1 is 1.57 bits per heavy atom. The van der Waals surface area contributed by atoms with Crippen molar-refractivity contribution in [3.8, 4) is 0 Å². The summed E-state index contributed by atoms with van der Waals surface area (Å²) in [6.45, 7) is 0.888.